The number of oxime groups is 1. The third-order valence-corrected chi connectivity index (χ3v) is 8.46. The molecule has 0 bridgehead atoms. The van der Waals surface area contributed by atoms with E-state index in [1.54, 1.807) is 24.3 Å². The number of thiazole rings is 1. The Hall–Kier alpha value is -4.94. The number of nitrogen functional groups attached to an aromatic ring is 1. The minimum atomic E-state index is -1.37. The first kappa shape index (κ1) is 33.0. The molecule has 4 rings (SSSR count). The Labute approximate surface area is 265 Å². The molecule has 1 aromatic rings. The number of aromatic nitrogens is 1. The Kier molecular flexibility index (Phi) is 10.8. The van der Waals surface area contributed by atoms with Gasteiger partial charge in [-0.3, -0.25) is 14.5 Å². The maximum absolute atomic E-state index is 13.2. The standard InChI is InChI=1S/C27H31N9O7S2/c1-14(25(39)40)43-34-19(18-13-45-27(30)32-18)22(37)33-20-23(38)36-21(26(41)42)15(12-44-24(20)36)5-4-10-35-9-3-2-6-16(29)17(11-35)31-8-7-28/h2-6,9,11,13-14,20,24,29,31H,7-8,10,12,28H2,1H3,(H5,30,32,33,37,39,40,41,42)/p+1/b5-4+,6-2+,9-3?,17-11?,34-19-/t14-,20+,24?/m0/s1. The van der Waals surface area contributed by atoms with Crippen LogP contribution in [0.25, 0.3) is 0 Å². The van der Waals surface area contributed by atoms with Crippen molar-refractivity contribution in [3.05, 3.63) is 70.3 Å². The third kappa shape index (κ3) is 7.78. The number of nitrogens with one attached hydrogen (secondary N) is 2. The number of anilines is 1. The highest BCUT2D eigenvalue weighted by atomic mass is 32.2. The van der Waals surface area contributed by atoms with Crippen LogP contribution >= 0.6 is 23.1 Å². The maximum atomic E-state index is 13.2. The molecule has 1 fully saturated rings. The lowest BCUT2D eigenvalue weighted by Crippen LogP contribution is -2.71. The third-order valence-electron chi connectivity index (χ3n) is 6.48. The average molecular weight is 659 g/mol. The van der Waals surface area contributed by atoms with E-state index < -0.39 is 41.3 Å². The summed E-state index contributed by atoms with van der Waals surface area (Å²) in [5.74, 6) is -3.85. The number of carboxylic acid groups (broad SMARTS) is 2. The van der Waals surface area contributed by atoms with Gasteiger partial charge in [-0.25, -0.2) is 14.6 Å². The summed E-state index contributed by atoms with van der Waals surface area (Å²) in [5.41, 5.74) is 18.5. The number of aliphatic carboxylic acids is 2. The zero-order valence-corrected chi connectivity index (χ0v) is 25.6. The Bertz CT molecular complexity index is 1590. The number of hydrogen-bond acceptors (Lipinski definition) is 13. The first-order valence-corrected chi connectivity index (χ1v) is 15.4. The highest BCUT2D eigenvalue weighted by Crippen LogP contribution is 2.40. The Morgan fingerprint density at radius 1 is 1.31 bits per heavy atom. The summed E-state index contributed by atoms with van der Waals surface area (Å²) in [4.78, 5) is 59.9. The fourth-order valence-corrected chi connectivity index (χ4v) is 6.10. The topological polar surface area (TPSA) is 252 Å². The van der Waals surface area contributed by atoms with Crippen LogP contribution in [0.3, 0.4) is 0 Å². The molecule has 0 aliphatic carbocycles. The van der Waals surface area contributed by atoms with Crippen LogP contribution in [-0.4, -0.2) is 103 Å². The molecule has 1 aromatic heterocycles. The van der Waals surface area contributed by atoms with E-state index in [4.69, 9.17) is 27.1 Å². The first-order valence-electron chi connectivity index (χ1n) is 13.5. The van der Waals surface area contributed by atoms with Crippen LogP contribution in [0, 0.1) is 0 Å². The Morgan fingerprint density at radius 2 is 2.09 bits per heavy atom. The van der Waals surface area contributed by atoms with Crippen molar-refractivity contribution in [1.82, 2.24) is 20.5 Å². The van der Waals surface area contributed by atoms with E-state index in [2.05, 4.69) is 20.8 Å². The molecule has 16 nitrogen and oxygen atoms in total. The number of rotatable bonds is 13. The molecule has 0 aromatic carbocycles. The van der Waals surface area contributed by atoms with Gasteiger partial charge in [0, 0.05) is 30.3 Å². The van der Waals surface area contributed by atoms with Crippen LogP contribution in [0.2, 0.25) is 0 Å². The molecule has 18 heteroatoms. The van der Waals surface area contributed by atoms with Gasteiger partial charge in [0.2, 0.25) is 6.10 Å². The lowest BCUT2D eigenvalue weighted by molar-refractivity contribution is -0.439. The molecule has 0 saturated carbocycles. The first-order chi connectivity index (χ1) is 21.5. The molecule has 3 aliphatic rings. The second-order valence-electron chi connectivity index (χ2n) is 9.65. The van der Waals surface area contributed by atoms with Crippen molar-refractivity contribution in [3.63, 3.8) is 0 Å². The van der Waals surface area contributed by atoms with Crippen molar-refractivity contribution in [2.75, 3.05) is 31.1 Å². The van der Waals surface area contributed by atoms with Crippen LogP contribution in [0.5, 0.6) is 0 Å². The van der Waals surface area contributed by atoms with Gasteiger partial charge in [0.25, 0.3) is 11.8 Å². The molecule has 10 N–H and O–H groups in total. The zero-order valence-electron chi connectivity index (χ0n) is 24.0. The van der Waals surface area contributed by atoms with Crippen molar-refractivity contribution >= 4 is 63.9 Å². The van der Waals surface area contributed by atoms with E-state index in [1.807, 2.05) is 23.1 Å². The Balaban J connectivity index is 1.49. The van der Waals surface area contributed by atoms with Crippen LogP contribution in [0.4, 0.5) is 5.13 Å². The molecule has 3 atom stereocenters. The summed E-state index contributed by atoms with van der Waals surface area (Å²) in [6.45, 7) is 2.54. The van der Waals surface area contributed by atoms with Crippen LogP contribution in [-0.2, 0) is 24.0 Å². The van der Waals surface area contributed by atoms with Crippen molar-refractivity contribution in [2.24, 2.45) is 16.6 Å². The summed E-state index contributed by atoms with van der Waals surface area (Å²) in [6, 6.07) is -1.08. The smallest absolute Gasteiger partial charge is 0.352 e. The predicted octanol–water partition coefficient (Wildman–Crippen LogP) is -0.901. The van der Waals surface area contributed by atoms with Gasteiger partial charge in [0.1, 0.15) is 28.5 Å². The summed E-state index contributed by atoms with van der Waals surface area (Å²) in [7, 11) is 0. The quantitative estimate of drug-likeness (QED) is 0.0588. The van der Waals surface area contributed by atoms with Crippen LogP contribution in [0.1, 0.15) is 12.6 Å². The summed E-state index contributed by atoms with van der Waals surface area (Å²) in [5, 5.41) is 29.3. The highest BCUT2D eigenvalue weighted by Gasteiger charge is 2.54. The number of nitrogens with zero attached hydrogens (tertiary/aromatic N) is 4. The average Bonchev–Trinajstić information content (AvgIpc) is 3.43. The fraction of sp³-hybridized carbons (Fsp3) is 0.296. The van der Waals surface area contributed by atoms with Crippen LogP contribution < -0.4 is 27.8 Å². The van der Waals surface area contributed by atoms with E-state index in [9.17, 15) is 24.3 Å². The van der Waals surface area contributed by atoms with Crippen molar-refractivity contribution in [1.29, 1.82) is 0 Å². The molecule has 45 heavy (non-hydrogen) atoms. The van der Waals surface area contributed by atoms with Gasteiger partial charge in [-0.15, -0.1) is 23.1 Å². The fourth-order valence-electron chi connectivity index (χ4n) is 4.24. The molecule has 0 spiro atoms. The monoisotopic (exact) mass is 658 g/mol. The largest absolute Gasteiger partial charge is 0.478 e. The van der Waals surface area contributed by atoms with Gasteiger partial charge in [-0.05, 0) is 24.6 Å². The number of thioether (sulfide) groups is 1. The van der Waals surface area contributed by atoms with E-state index in [-0.39, 0.29) is 28.0 Å². The molecule has 238 valence electrons. The second kappa shape index (κ2) is 14.7. The van der Waals surface area contributed by atoms with Crippen molar-refractivity contribution < 1.29 is 38.8 Å². The predicted molar refractivity (Wildman–Crippen MR) is 168 cm³/mol. The van der Waals surface area contributed by atoms with E-state index in [0.717, 1.165) is 16.2 Å². The number of β-lactam (4-membered cyclic amide) rings is 1. The molecule has 1 unspecified atom stereocenters. The highest BCUT2D eigenvalue weighted by molar-refractivity contribution is 8.00. The number of carboxylic acids is 2. The van der Waals surface area contributed by atoms with Gasteiger partial charge in [-0.2, -0.15) is 4.58 Å². The van der Waals surface area contributed by atoms with Gasteiger partial charge < -0.3 is 42.9 Å². The van der Waals surface area contributed by atoms with E-state index in [1.165, 1.54) is 24.1 Å². The van der Waals surface area contributed by atoms with Gasteiger partial charge in [-0.1, -0.05) is 17.3 Å². The van der Waals surface area contributed by atoms with Gasteiger partial charge in [0.15, 0.2) is 29.8 Å². The molecule has 1 saturated heterocycles. The molecule has 4 heterocycles. The number of carbonyl (C=O) groups excluding carboxylic acids is 2. The number of nitrogens with two attached hydrogens (primary N) is 3. The second-order valence-corrected chi connectivity index (χ2v) is 11.6. The van der Waals surface area contributed by atoms with Crippen molar-refractivity contribution in [2.45, 2.75) is 24.4 Å². The lowest BCUT2D eigenvalue weighted by Gasteiger charge is -2.49. The molecular weight excluding hydrogens is 626 g/mol. The van der Waals surface area contributed by atoms with Crippen LogP contribution in [0.15, 0.2) is 69.8 Å². The number of carbonyl (C=O) groups is 4. The zero-order chi connectivity index (χ0) is 32.7. The molecule has 0 radical (unpaired) electrons. The van der Waals surface area contributed by atoms with Gasteiger partial charge >= 0.3 is 11.9 Å². The number of amides is 2. The number of allylic oxidation sites excluding steroid dienone is 5. The maximum Gasteiger partial charge on any atom is 0.352 e. The summed E-state index contributed by atoms with van der Waals surface area (Å²) >= 11 is 2.30. The minimum Gasteiger partial charge on any atom is -0.478 e. The molecule has 3 aliphatic heterocycles. The number of hydrogen-bond donors (Lipinski definition) is 7. The van der Waals surface area contributed by atoms with E-state index in [0.29, 0.717) is 36.6 Å². The molecule has 2 amide bonds. The normalized spacial score (nSPS) is 23.0. The van der Waals surface area contributed by atoms with Crippen molar-refractivity contribution in [3.8, 4) is 0 Å². The number of fused-ring (bicyclic) bond motifs is 1. The minimum absolute atomic E-state index is 0.0228. The summed E-state index contributed by atoms with van der Waals surface area (Å²) in [6.07, 6.45) is 11.1. The lowest BCUT2D eigenvalue weighted by atomic mass is 10.0. The van der Waals surface area contributed by atoms with E-state index >= 15 is 0 Å². The molecular formula is C27H32N9O7S2+. The summed E-state index contributed by atoms with van der Waals surface area (Å²) < 4.78 is 1.85. The van der Waals surface area contributed by atoms with Gasteiger partial charge in [0.05, 0.1) is 5.70 Å². The SMILES string of the molecule is C[C@H](O/N=C(\C(=O)N[C@@H]1C(=O)N2C(C(=O)O)=C(/C=C/C[N+]3=C/C(NCCN)=C(N)\C=C\C=C3)CSC12)c1csc(N)n1)C(=O)O. The Morgan fingerprint density at radius 3 is 2.76 bits per heavy atom.